The first-order valence-corrected chi connectivity index (χ1v) is 7.83. The average molecular weight is 264 g/mol. The highest BCUT2D eigenvalue weighted by atomic mass is 35.5. The van der Waals surface area contributed by atoms with Gasteiger partial charge in [-0.1, -0.05) is 25.0 Å². The number of fused-ring (bicyclic) bond motifs is 1. The van der Waals surface area contributed by atoms with Crippen LogP contribution < -0.4 is 4.90 Å². The van der Waals surface area contributed by atoms with Crippen molar-refractivity contribution in [2.45, 2.75) is 50.4 Å². The van der Waals surface area contributed by atoms with Crippen LogP contribution in [0.15, 0.2) is 24.3 Å². The van der Waals surface area contributed by atoms with E-state index in [0.29, 0.717) is 5.88 Å². The van der Waals surface area contributed by atoms with Gasteiger partial charge in [-0.15, -0.1) is 11.6 Å². The lowest BCUT2D eigenvalue weighted by molar-refractivity contribution is 0.244. The highest BCUT2D eigenvalue weighted by Crippen LogP contribution is 2.37. The molecule has 3 rings (SSSR count). The zero-order valence-electron chi connectivity index (χ0n) is 10.9. The summed E-state index contributed by atoms with van der Waals surface area (Å²) in [6.07, 6.45) is 8.50. The number of rotatable bonds is 2. The van der Waals surface area contributed by atoms with Gasteiger partial charge in [-0.25, -0.2) is 0 Å². The van der Waals surface area contributed by atoms with Crippen LogP contribution in [-0.2, 0) is 5.88 Å². The Kier molecular flexibility index (Phi) is 3.79. The molecule has 1 heterocycles. The molecule has 98 valence electrons. The predicted octanol–water partition coefficient (Wildman–Crippen LogP) is 4.58. The molecule has 0 unspecified atom stereocenters. The van der Waals surface area contributed by atoms with E-state index in [2.05, 4.69) is 29.2 Å². The Morgan fingerprint density at radius 1 is 1.00 bits per heavy atom. The van der Waals surface area contributed by atoms with E-state index in [9.17, 15) is 0 Å². The van der Waals surface area contributed by atoms with Crippen LogP contribution in [0.4, 0.5) is 5.69 Å². The van der Waals surface area contributed by atoms with Crippen molar-refractivity contribution in [3.63, 3.8) is 0 Å². The summed E-state index contributed by atoms with van der Waals surface area (Å²) in [6, 6.07) is 9.67. The summed E-state index contributed by atoms with van der Waals surface area (Å²) in [5.41, 5.74) is 2.62. The summed E-state index contributed by atoms with van der Waals surface area (Å²) in [6.45, 7) is 1.24. The van der Waals surface area contributed by atoms with Crippen molar-refractivity contribution >= 4 is 17.3 Å². The Labute approximate surface area is 115 Å². The molecular formula is C16H22ClN. The standard InChI is InChI=1S/C16H22ClN/c17-12-13-7-9-15(10-8-13)18-11-3-5-14-4-1-2-6-16(14)18/h7-10,14,16H,1-6,11-12H2/t14-,16-/m1/s1. The molecule has 0 aromatic heterocycles. The number of hydrogen-bond acceptors (Lipinski definition) is 1. The van der Waals surface area contributed by atoms with Gasteiger partial charge in [0, 0.05) is 24.2 Å². The largest absolute Gasteiger partial charge is 0.368 e. The zero-order valence-corrected chi connectivity index (χ0v) is 11.7. The summed E-state index contributed by atoms with van der Waals surface area (Å²) in [5, 5.41) is 0. The van der Waals surface area contributed by atoms with E-state index in [1.165, 1.54) is 56.3 Å². The zero-order chi connectivity index (χ0) is 12.4. The van der Waals surface area contributed by atoms with Crippen molar-refractivity contribution < 1.29 is 0 Å². The van der Waals surface area contributed by atoms with Crippen LogP contribution in [0.2, 0.25) is 0 Å². The predicted molar refractivity (Wildman–Crippen MR) is 78.3 cm³/mol. The van der Waals surface area contributed by atoms with Gasteiger partial charge < -0.3 is 4.90 Å². The third kappa shape index (κ3) is 2.38. The van der Waals surface area contributed by atoms with Crippen LogP contribution in [0.3, 0.4) is 0 Å². The highest BCUT2D eigenvalue weighted by Gasteiger charge is 2.33. The number of nitrogens with zero attached hydrogens (tertiary/aromatic N) is 1. The van der Waals surface area contributed by atoms with E-state index in [0.717, 1.165) is 12.0 Å². The minimum absolute atomic E-state index is 0.617. The van der Waals surface area contributed by atoms with Crippen molar-refractivity contribution in [1.29, 1.82) is 0 Å². The van der Waals surface area contributed by atoms with Gasteiger partial charge in [0.15, 0.2) is 0 Å². The maximum Gasteiger partial charge on any atom is 0.0474 e. The molecule has 1 aromatic rings. The van der Waals surface area contributed by atoms with Gasteiger partial charge in [0.05, 0.1) is 0 Å². The van der Waals surface area contributed by atoms with Gasteiger partial charge in [-0.3, -0.25) is 0 Å². The lowest BCUT2D eigenvalue weighted by Gasteiger charge is -2.45. The summed E-state index contributed by atoms with van der Waals surface area (Å²) in [7, 11) is 0. The van der Waals surface area contributed by atoms with Crippen LogP contribution in [-0.4, -0.2) is 12.6 Å². The molecule has 2 atom stereocenters. The second kappa shape index (κ2) is 5.52. The van der Waals surface area contributed by atoms with E-state index in [1.807, 2.05) is 0 Å². The average Bonchev–Trinajstić information content (AvgIpc) is 2.47. The first kappa shape index (κ1) is 12.3. The molecule has 1 aliphatic carbocycles. The Morgan fingerprint density at radius 2 is 1.72 bits per heavy atom. The Bertz CT molecular complexity index is 385. The monoisotopic (exact) mass is 263 g/mol. The molecule has 1 aliphatic heterocycles. The molecule has 1 aromatic carbocycles. The number of alkyl halides is 1. The quantitative estimate of drug-likeness (QED) is 0.706. The fourth-order valence-corrected chi connectivity index (χ4v) is 3.90. The molecule has 2 heteroatoms. The summed E-state index contributed by atoms with van der Waals surface area (Å²) >= 11 is 5.86. The molecule has 1 saturated heterocycles. The van der Waals surface area contributed by atoms with Crippen molar-refractivity contribution in [3.05, 3.63) is 29.8 Å². The maximum absolute atomic E-state index is 5.86. The maximum atomic E-state index is 5.86. The number of piperidine rings is 1. The van der Waals surface area contributed by atoms with Crippen molar-refractivity contribution in [3.8, 4) is 0 Å². The molecule has 2 aliphatic rings. The Morgan fingerprint density at radius 3 is 2.50 bits per heavy atom. The lowest BCUT2D eigenvalue weighted by Crippen LogP contribution is -2.46. The van der Waals surface area contributed by atoms with Gasteiger partial charge >= 0.3 is 0 Å². The molecule has 0 bridgehead atoms. The second-order valence-corrected chi connectivity index (χ2v) is 6.01. The normalized spacial score (nSPS) is 27.9. The fourth-order valence-electron chi connectivity index (χ4n) is 3.72. The van der Waals surface area contributed by atoms with Crippen molar-refractivity contribution in [2.75, 3.05) is 11.4 Å². The van der Waals surface area contributed by atoms with E-state index in [1.54, 1.807) is 0 Å². The molecule has 0 radical (unpaired) electrons. The van der Waals surface area contributed by atoms with Crippen LogP contribution in [0.25, 0.3) is 0 Å². The van der Waals surface area contributed by atoms with Gasteiger partial charge in [0.25, 0.3) is 0 Å². The third-order valence-corrected chi connectivity index (χ3v) is 4.97. The van der Waals surface area contributed by atoms with E-state index < -0.39 is 0 Å². The van der Waals surface area contributed by atoms with Gasteiger partial charge in [-0.05, 0) is 49.3 Å². The SMILES string of the molecule is ClCc1ccc(N2CCC[C@H]3CCCC[C@H]32)cc1. The topological polar surface area (TPSA) is 3.24 Å². The number of halogens is 1. The minimum Gasteiger partial charge on any atom is -0.368 e. The Balaban J connectivity index is 1.80. The Hall–Kier alpha value is -0.690. The number of benzene rings is 1. The van der Waals surface area contributed by atoms with Crippen LogP contribution >= 0.6 is 11.6 Å². The van der Waals surface area contributed by atoms with Gasteiger partial charge in [-0.2, -0.15) is 0 Å². The van der Waals surface area contributed by atoms with Gasteiger partial charge in [0.1, 0.15) is 0 Å². The first-order chi connectivity index (χ1) is 8.88. The van der Waals surface area contributed by atoms with Crippen LogP contribution in [0.1, 0.15) is 44.1 Å². The molecule has 2 fully saturated rings. The molecule has 0 spiro atoms. The van der Waals surface area contributed by atoms with Crippen LogP contribution in [0, 0.1) is 5.92 Å². The van der Waals surface area contributed by atoms with E-state index in [-0.39, 0.29) is 0 Å². The highest BCUT2D eigenvalue weighted by molar-refractivity contribution is 6.17. The van der Waals surface area contributed by atoms with Gasteiger partial charge in [0.2, 0.25) is 0 Å². The van der Waals surface area contributed by atoms with E-state index >= 15 is 0 Å². The summed E-state index contributed by atoms with van der Waals surface area (Å²) in [4.78, 5) is 2.66. The lowest BCUT2D eigenvalue weighted by atomic mass is 9.78. The molecule has 18 heavy (non-hydrogen) atoms. The minimum atomic E-state index is 0.617. The fraction of sp³-hybridized carbons (Fsp3) is 0.625. The van der Waals surface area contributed by atoms with Crippen molar-refractivity contribution in [1.82, 2.24) is 0 Å². The first-order valence-electron chi connectivity index (χ1n) is 7.30. The summed E-state index contributed by atoms with van der Waals surface area (Å²) in [5.74, 6) is 1.56. The third-order valence-electron chi connectivity index (χ3n) is 4.67. The molecule has 0 N–H and O–H groups in total. The summed E-state index contributed by atoms with van der Waals surface area (Å²) < 4.78 is 0. The second-order valence-electron chi connectivity index (χ2n) is 5.75. The van der Waals surface area contributed by atoms with Crippen LogP contribution in [0.5, 0.6) is 0 Å². The smallest absolute Gasteiger partial charge is 0.0474 e. The van der Waals surface area contributed by atoms with Crippen molar-refractivity contribution in [2.24, 2.45) is 5.92 Å². The number of anilines is 1. The number of hydrogen-bond donors (Lipinski definition) is 0. The molecular weight excluding hydrogens is 242 g/mol. The molecule has 0 amide bonds. The molecule has 1 saturated carbocycles. The van der Waals surface area contributed by atoms with E-state index in [4.69, 9.17) is 11.6 Å². The molecule has 1 nitrogen and oxygen atoms in total.